The van der Waals surface area contributed by atoms with E-state index in [1.54, 1.807) is 0 Å². The standard InChI is InChI=1S/C22H26N4O2/c1-16-9-5-6-10-19(16)28-15-20(27)25-13-17-18(14-25)23-26(22(2,3)4)21(17)24-11-7-8-12-24/h5-12H,13-15H2,1-4H3. The Bertz CT molecular complexity index is 996. The van der Waals surface area contributed by atoms with E-state index in [1.165, 1.54) is 0 Å². The van der Waals surface area contributed by atoms with Crippen molar-refractivity contribution in [2.75, 3.05) is 6.61 Å². The van der Waals surface area contributed by atoms with E-state index >= 15 is 0 Å². The first-order chi connectivity index (χ1) is 13.3. The summed E-state index contributed by atoms with van der Waals surface area (Å²) in [6.07, 6.45) is 4.04. The van der Waals surface area contributed by atoms with Crippen LogP contribution in [-0.2, 0) is 23.4 Å². The van der Waals surface area contributed by atoms with Gasteiger partial charge in [-0.3, -0.25) is 4.79 Å². The maximum Gasteiger partial charge on any atom is 0.261 e. The molecule has 0 unspecified atom stereocenters. The lowest BCUT2D eigenvalue weighted by molar-refractivity contribution is -0.134. The van der Waals surface area contributed by atoms with E-state index < -0.39 is 0 Å². The number of aryl methyl sites for hydroxylation is 1. The Balaban J connectivity index is 1.54. The molecule has 28 heavy (non-hydrogen) atoms. The molecule has 6 heteroatoms. The van der Waals surface area contributed by atoms with Crippen molar-refractivity contribution in [2.45, 2.75) is 46.3 Å². The highest BCUT2D eigenvalue weighted by molar-refractivity contribution is 5.78. The molecule has 1 aromatic carbocycles. The maximum atomic E-state index is 12.7. The van der Waals surface area contributed by atoms with Gasteiger partial charge in [-0.15, -0.1) is 0 Å². The number of hydrogen-bond acceptors (Lipinski definition) is 3. The zero-order chi connectivity index (χ0) is 19.9. The van der Waals surface area contributed by atoms with Crippen LogP contribution < -0.4 is 4.74 Å². The van der Waals surface area contributed by atoms with Gasteiger partial charge in [-0.25, -0.2) is 4.68 Å². The number of para-hydroxylation sites is 1. The number of hydrogen-bond donors (Lipinski definition) is 0. The molecule has 0 N–H and O–H groups in total. The Morgan fingerprint density at radius 1 is 1.11 bits per heavy atom. The summed E-state index contributed by atoms with van der Waals surface area (Å²) < 4.78 is 9.88. The summed E-state index contributed by atoms with van der Waals surface area (Å²) in [5.74, 6) is 1.75. The molecule has 4 rings (SSSR count). The quantitative estimate of drug-likeness (QED) is 0.696. The Labute approximate surface area is 165 Å². The highest BCUT2D eigenvalue weighted by Crippen LogP contribution is 2.32. The van der Waals surface area contributed by atoms with Gasteiger partial charge in [0.25, 0.3) is 5.91 Å². The number of carbonyl (C=O) groups is 1. The van der Waals surface area contributed by atoms with Crippen molar-refractivity contribution in [3.63, 3.8) is 0 Å². The highest BCUT2D eigenvalue weighted by Gasteiger charge is 2.33. The lowest BCUT2D eigenvalue weighted by Crippen LogP contribution is -2.32. The molecule has 2 aromatic heterocycles. The predicted octanol–water partition coefficient (Wildman–Crippen LogP) is 3.66. The highest BCUT2D eigenvalue weighted by atomic mass is 16.5. The molecule has 0 bridgehead atoms. The fraction of sp³-hybridized carbons (Fsp3) is 0.364. The molecular weight excluding hydrogens is 352 g/mol. The van der Waals surface area contributed by atoms with Crippen LogP contribution in [-0.4, -0.2) is 31.8 Å². The smallest absolute Gasteiger partial charge is 0.261 e. The topological polar surface area (TPSA) is 52.3 Å². The molecule has 1 amide bonds. The first-order valence-corrected chi connectivity index (χ1v) is 9.55. The summed E-state index contributed by atoms with van der Waals surface area (Å²) in [5.41, 5.74) is 2.95. The zero-order valence-corrected chi connectivity index (χ0v) is 16.8. The summed E-state index contributed by atoms with van der Waals surface area (Å²) in [7, 11) is 0. The molecule has 0 spiro atoms. The van der Waals surface area contributed by atoms with E-state index in [0.29, 0.717) is 13.1 Å². The number of benzene rings is 1. The molecule has 0 saturated heterocycles. The molecule has 146 valence electrons. The molecule has 0 radical (unpaired) electrons. The fourth-order valence-corrected chi connectivity index (χ4v) is 3.54. The third kappa shape index (κ3) is 3.30. The molecule has 1 aliphatic heterocycles. The van der Waals surface area contributed by atoms with Crippen molar-refractivity contribution in [1.29, 1.82) is 0 Å². The third-order valence-corrected chi connectivity index (χ3v) is 5.01. The van der Waals surface area contributed by atoms with Gasteiger partial charge >= 0.3 is 0 Å². The fourth-order valence-electron chi connectivity index (χ4n) is 3.54. The minimum absolute atomic E-state index is 0.0259. The van der Waals surface area contributed by atoms with E-state index in [0.717, 1.165) is 28.4 Å². The van der Waals surface area contributed by atoms with E-state index in [1.807, 2.05) is 60.6 Å². The predicted molar refractivity (Wildman–Crippen MR) is 107 cm³/mol. The van der Waals surface area contributed by atoms with Crippen LogP contribution in [0.4, 0.5) is 0 Å². The number of amides is 1. The summed E-state index contributed by atoms with van der Waals surface area (Å²) in [4.78, 5) is 14.6. The molecule has 3 aromatic rings. The van der Waals surface area contributed by atoms with Gasteiger partial charge in [0.15, 0.2) is 6.61 Å². The lowest BCUT2D eigenvalue weighted by Gasteiger charge is -2.24. The summed E-state index contributed by atoms with van der Waals surface area (Å²) in [6.45, 7) is 9.50. The van der Waals surface area contributed by atoms with Crippen molar-refractivity contribution in [2.24, 2.45) is 0 Å². The Morgan fingerprint density at radius 2 is 1.82 bits per heavy atom. The summed E-state index contributed by atoms with van der Waals surface area (Å²) in [5, 5.41) is 4.84. The van der Waals surface area contributed by atoms with Crippen LogP contribution in [0.1, 0.15) is 37.6 Å². The summed E-state index contributed by atoms with van der Waals surface area (Å²) in [6, 6.07) is 11.7. The van der Waals surface area contributed by atoms with Gasteiger partial charge in [-0.1, -0.05) is 18.2 Å². The monoisotopic (exact) mass is 378 g/mol. The van der Waals surface area contributed by atoms with Gasteiger partial charge in [0.2, 0.25) is 0 Å². The van der Waals surface area contributed by atoms with Crippen LogP contribution in [0.15, 0.2) is 48.8 Å². The third-order valence-electron chi connectivity index (χ3n) is 5.01. The Kier molecular flexibility index (Phi) is 4.49. The Morgan fingerprint density at radius 3 is 2.50 bits per heavy atom. The number of ether oxygens (including phenoxy) is 1. The minimum Gasteiger partial charge on any atom is -0.484 e. The van der Waals surface area contributed by atoms with Crippen molar-refractivity contribution in [1.82, 2.24) is 19.2 Å². The average Bonchev–Trinajstić information content (AvgIpc) is 3.35. The van der Waals surface area contributed by atoms with Crippen LogP contribution in [0.5, 0.6) is 5.75 Å². The number of carbonyl (C=O) groups excluding carboxylic acids is 1. The second-order valence-electron chi connectivity index (χ2n) is 8.23. The molecule has 1 aliphatic rings. The van der Waals surface area contributed by atoms with Crippen LogP contribution in [0.2, 0.25) is 0 Å². The molecule has 0 atom stereocenters. The Hall–Kier alpha value is -3.02. The molecule has 3 heterocycles. The number of rotatable bonds is 4. The van der Waals surface area contributed by atoms with E-state index in [9.17, 15) is 4.79 Å². The molecule has 0 fully saturated rings. The largest absolute Gasteiger partial charge is 0.484 e. The van der Waals surface area contributed by atoms with Gasteiger partial charge in [0, 0.05) is 18.0 Å². The van der Waals surface area contributed by atoms with E-state index in [-0.39, 0.29) is 18.1 Å². The van der Waals surface area contributed by atoms with Gasteiger partial charge in [0.1, 0.15) is 11.6 Å². The van der Waals surface area contributed by atoms with Crippen LogP contribution in [0.3, 0.4) is 0 Å². The van der Waals surface area contributed by atoms with Crippen LogP contribution in [0, 0.1) is 6.92 Å². The normalized spacial score (nSPS) is 13.6. The van der Waals surface area contributed by atoms with Gasteiger partial charge < -0.3 is 14.2 Å². The van der Waals surface area contributed by atoms with Crippen molar-refractivity contribution >= 4 is 5.91 Å². The van der Waals surface area contributed by atoms with Crippen molar-refractivity contribution < 1.29 is 9.53 Å². The number of nitrogens with zero attached hydrogens (tertiary/aromatic N) is 4. The summed E-state index contributed by atoms with van der Waals surface area (Å²) >= 11 is 0. The van der Waals surface area contributed by atoms with Crippen LogP contribution in [0.25, 0.3) is 5.82 Å². The molecule has 0 saturated carbocycles. The molecule has 0 aliphatic carbocycles. The second-order valence-corrected chi connectivity index (χ2v) is 8.23. The van der Waals surface area contributed by atoms with E-state index in [4.69, 9.17) is 9.84 Å². The molecular formula is C22H26N4O2. The number of fused-ring (bicyclic) bond motifs is 1. The van der Waals surface area contributed by atoms with Gasteiger partial charge in [-0.2, -0.15) is 5.10 Å². The SMILES string of the molecule is Cc1ccccc1OCC(=O)N1Cc2nn(C(C)(C)C)c(-n3cccc3)c2C1. The van der Waals surface area contributed by atoms with Crippen molar-refractivity contribution in [3.05, 3.63) is 65.6 Å². The van der Waals surface area contributed by atoms with E-state index in [2.05, 4.69) is 30.0 Å². The average molecular weight is 378 g/mol. The number of aromatic nitrogens is 3. The first kappa shape index (κ1) is 18.3. The van der Waals surface area contributed by atoms with Gasteiger partial charge in [0.05, 0.1) is 24.3 Å². The maximum absolute atomic E-state index is 12.7. The second kappa shape index (κ2) is 6.86. The first-order valence-electron chi connectivity index (χ1n) is 9.55. The lowest BCUT2D eigenvalue weighted by atomic mass is 10.1. The zero-order valence-electron chi connectivity index (χ0n) is 16.8. The molecule has 6 nitrogen and oxygen atoms in total. The van der Waals surface area contributed by atoms with Crippen LogP contribution >= 0.6 is 0 Å². The van der Waals surface area contributed by atoms with Crippen molar-refractivity contribution in [3.8, 4) is 11.6 Å². The minimum atomic E-state index is -0.146. The van der Waals surface area contributed by atoms with Gasteiger partial charge in [-0.05, 0) is 51.5 Å².